The fourth-order valence-corrected chi connectivity index (χ4v) is 2.25. The van der Waals surface area contributed by atoms with Gasteiger partial charge in [-0.05, 0) is 42.0 Å². The van der Waals surface area contributed by atoms with E-state index in [0.29, 0.717) is 22.6 Å². The van der Waals surface area contributed by atoms with E-state index in [0.717, 1.165) is 4.47 Å². The maximum absolute atomic E-state index is 12.0. The minimum absolute atomic E-state index is 0.0630. The molecule has 0 radical (unpaired) electrons. The third kappa shape index (κ3) is 4.83. The molecule has 0 aliphatic heterocycles. The van der Waals surface area contributed by atoms with Crippen molar-refractivity contribution in [3.63, 3.8) is 0 Å². The van der Waals surface area contributed by atoms with E-state index in [2.05, 4.69) is 26.5 Å². The molecule has 0 fully saturated rings. The number of carbonyl (C=O) groups is 1. The van der Waals surface area contributed by atoms with Gasteiger partial charge in [-0.25, -0.2) is 5.43 Å². The summed E-state index contributed by atoms with van der Waals surface area (Å²) in [5.41, 5.74) is 3.67. The summed E-state index contributed by atoms with van der Waals surface area (Å²) >= 11 is 3.31. The first-order chi connectivity index (χ1) is 11.6. The average molecular weight is 388 g/mol. The molecule has 1 amide bonds. The van der Waals surface area contributed by atoms with Crippen molar-refractivity contribution >= 4 is 28.1 Å². The van der Waals surface area contributed by atoms with Crippen molar-refractivity contribution in [3.05, 3.63) is 58.1 Å². The smallest absolute Gasteiger partial charge is 0.271 e. The van der Waals surface area contributed by atoms with Crippen LogP contribution in [0.3, 0.4) is 0 Å². The van der Waals surface area contributed by atoms with Gasteiger partial charge in [0.25, 0.3) is 5.91 Å². The molecule has 1 N–H and O–H groups in total. The number of hydrogen-bond acceptors (Lipinski definition) is 5. The Hall–Kier alpha value is -2.85. The minimum Gasteiger partial charge on any atom is -0.493 e. The highest BCUT2D eigenvalue weighted by Gasteiger charge is 2.06. The average Bonchev–Trinajstić information content (AvgIpc) is 2.60. The molecule has 0 aliphatic carbocycles. The molecule has 2 aromatic carbocycles. The maximum Gasteiger partial charge on any atom is 0.271 e. The van der Waals surface area contributed by atoms with Crippen LogP contribution < -0.4 is 14.9 Å². The molecule has 0 unspecified atom stereocenters. The van der Waals surface area contributed by atoms with E-state index >= 15 is 0 Å². The Morgan fingerprint density at radius 2 is 2.17 bits per heavy atom. The Labute approximate surface area is 147 Å². The summed E-state index contributed by atoms with van der Waals surface area (Å²) < 4.78 is 11.3. The van der Waals surface area contributed by atoms with Crippen molar-refractivity contribution in [3.8, 4) is 17.6 Å². The van der Waals surface area contributed by atoms with Crippen LogP contribution in [-0.4, -0.2) is 25.8 Å². The molecule has 122 valence electrons. The largest absolute Gasteiger partial charge is 0.493 e. The van der Waals surface area contributed by atoms with Crippen molar-refractivity contribution in [2.75, 3.05) is 13.7 Å². The normalized spacial score (nSPS) is 10.2. The van der Waals surface area contributed by atoms with Crippen LogP contribution in [0.25, 0.3) is 0 Å². The SMILES string of the molecule is COc1cc(/C=N\NC(=O)c2cccc(Br)c2)ccc1OCC#N. The lowest BCUT2D eigenvalue weighted by atomic mass is 10.2. The monoisotopic (exact) mass is 387 g/mol. The molecule has 6 nitrogen and oxygen atoms in total. The zero-order valence-electron chi connectivity index (χ0n) is 12.8. The molecule has 7 heteroatoms. The maximum atomic E-state index is 12.0. The summed E-state index contributed by atoms with van der Waals surface area (Å²) in [7, 11) is 1.50. The van der Waals surface area contributed by atoms with Crippen LogP contribution in [0, 0.1) is 11.3 Å². The van der Waals surface area contributed by atoms with Crippen molar-refractivity contribution in [1.29, 1.82) is 5.26 Å². The summed E-state index contributed by atoms with van der Waals surface area (Å²) in [6, 6.07) is 14.0. The first-order valence-corrected chi connectivity index (χ1v) is 7.70. The summed E-state index contributed by atoms with van der Waals surface area (Å²) in [6.45, 7) is -0.0630. The number of benzene rings is 2. The van der Waals surface area contributed by atoms with Crippen molar-refractivity contribution in [1.82, 2.24) is 5.43 Å². The topological polar surface area (TPSA) is 83.7 Å². The van der Waals surface area contributed by atoms with Gasteiger partial charge in [0.15, 0.2) is 18.1 Å². The number of nitrogens with zero attached hydrogens (tertiary/aromatic N) is 2. The van der Waals surface area contributed by atoms with Gasteiger partial charge in [0, 0.05) is 10.0 Å². The Bertz CT molecular complexity index is 800. The van der Waals surface area contributed by atoms with Crippen LogP contribution in [0.5, 0.6) is 11.5 Å². The predicted octanol–water partition coefficient (Wildman–Crippen LogP) is 3.12. The lowest BCUT2D eigenvalue weighted by Gasteiger charge is -2.08. The quantitative estimate of drug-likeness (QED) is 0.609. The number of hydrazone groups is 1. The van der Waals surface area contributed by atoms with Gasteiger partial charge in [0.2, 0.25) is 0 Å². The lowest BCUT2D eigenvalue weighted by molar-refractivity contribution is 0.0955. The summed E-state index contributed by atoms with van der Waals surface area (Å²) in [6.07, 6.45) is 1.49. The molecule has 0 spiro atoms. The molecule has 0 saturated heterocycles. The van der Waals surface area contributed by atoms with Crippen LogP contribution in [-0.2, 0) is 0 Å². The molecule has 2 rings (SSSR count). The Kier molecular flexibility index (Phi) is 6.34. The van der Waals surface area contributed by atoms with Gasteiger partial charge in [-0.3, -0.25) is 4.79 Å². The highest BCUT2D eigenvalue weighted by atomic mass is 79.9. The zero-order chi connectivity index (χ0) is 17.4. The number of nitriles is 1. The highest BCUT2D eigenvalue weighted by Crippen LogP contribution is 2.27. The van der Waals surface area contributed by atoms with Gasteiger partial charge in [-0.15, -0.1) is 0 Å². The molecule has 24 heavy (non-hydrogen) atoms. The lowest BCUT2D eigenvalue weighted by Crippen LogP contribution is -2.17. The minimum atomic E-state index is -0.312. The molecular formula is C17H14BrN3O3. The van der Waals surface area contributed by atoms with Gasteiger partial charge >= 0.3 is 0 Å². The number of rotatable bonds is 6. The number of nitrogens with one attached hydrogen (secondary N) is 1. The zero-order valence-corrected chi connectivity index (χ0v) is 14.4. The van der Waals surface area contributed by atoms with E-state index in [9.17, 15) is 4.79 Å². The van der Waals surface area contributed by atoms with E-state index in [-0.39, 0.29) is 12.5 Å². The number of amides is 1. The highest BCUT2D eigenvalue weighted by molar-refractivity contribution is 9.10. The van der Waals surface area contributed by atoms with Gasteiger partial charge in [0.05, 0.1) is 13.3 Å². The second-order valence-electron chi connectivity index (χ2n) is 4.57. The number of hydrogen-bond donors (Lipinski definition) is 1. The van der Waals surface area contributed by atoms with E-state index in [4.69, 9.17) is 14.7 Å². The summed E-state index contributed by atoms with van der Waals surface area (Å²) in [5, 5.41) is 12.5. The molecule has 0 heterocycles. The summed E-state index contributed by atoms with van der Waals surface area (Å²) in [5.74, 6) is 0.635. The van der Waals surface area contributed by atoms with E-state index in [1.807, 2.05) is 12.1 Å². The fourth-order valence-electron chi connectivity index (χ4n) is 1.85. The molecule has 2 aromatic rings. The number of methoxy groups -OCH3 is 1. The number of carbonyl (C=O) groups excluding carboxylic acids is 1. The van der Waals surface area contributed by atoms with Crippen LogP contribution >= 0.6 is 15.9 Å². The third-order valence-corrected chi connectivity index (χ3v) is 3.44. The first kappa shape index (κ1) is 17.5. The second kappa shape index (κ2) is 8.70. The van der Waals surface area contributed by atoms with Crippen molar-refractivity contribution in [2.45, 2.75) is 0 Å². The van der Waals surface area contributed by atoms with E-state index in [1.54, 1.807) is 36.4 Å². The van der Waals surface area contributed by atoms with Crippen LogP contribution in [0.2, 0.25) is 0 Å². The number of ether oxygens (including phenoxy) is 2. The number of halogens is 1. The van der Waals surface area contributed by atoms with Gasteiger partial charge in [-0.2, -0.15) is 10.4 Å². The molecule has 0 bridgehead atoms. The van der Waals surface area contributed by atoms with Crippen LogP contribution in [0.4, 0.5) is 0 Å². The van der Waals surface area contributed by atoms with Gasteiger partial charge in [0.1, 0.15) is 6.07 Å². The molecular weight excluding hydrogens is 374 g/mol. The Balaban J connectivity index is 2.04. The second-order valence-corrected chi connectivity index (χ2v) is 5.48. The van der Waals surface area contributed by atoms with Crippen molar-refractivity contribution < 1.29 is 14.3 Å². The fraction of sp³-hybridized carbons (Fsp3) is 0.118. The molecule has 0 aliphatic rings. The first-order valence-electron chi connectivity index (χ1n) is 6.91. The van der Waals surface area contributed by atoms with E-state index in [1.165, 1.54) is 13.3 Å². The van der Waals surface area contributed by atoms with Crippen LogP contribution in [0.1, 0.15) is 15.9 Å². The molecule has 0 saturated carbocycles. The predicted molar refractivity (Wildman–Crippen MR) is 93.3 cm³/mol. The standard InChI is InChI=1S/C17H14BrN3O3/c1-23-16-9-12(5-6-15(16)24-8-7-19)11-20-21-17(22)13-3-2-4-14(18)10-13/h2-6,9-11H,8H2,1H3,(H,21,22)/b20-11-. The Morgan fingerprint density at radius 1 is 1.33 bits per heavy atom. The summed E-state index contributed by atoms with van der Waals surface area (Å²) in [4.78, 5) is 12.0. The molecule has 0 aromatic heterocycles. The van der Waals surface area contributed by atoms with Gasteiger partial charge in [-0.1, -0.05) is 22.0 Å². The van der Waals surface area contributed by atoms with Crippen molar-refractivity contribution in [2.24, 2.45) is 5.10 Å². The Morgan fingerprint density at radius 3 is 2.88 bits per heavy atom. The third-order valence-electron chi connectivity index (χ3n) is 2.95. The van der Waals surface area contributed by atoms with E-state index < -0.39 is 0 Å². The van der Waals surface area contributed by atoms with Gasteiger partial charge < -0.3 is 9.47 Å². The van der Waals surface area contributed by atoms with Crippen LogP contribution in [0.15, 0.2) is 52.0 Å². The molecule has 0 atom stereocenters.